The Morgan fingerprint density at radius 3 is 2.48 bits per heavy atom. The van der Waals surface area contributed by atoms with Crippen LogP contribution in [0.25, 0.3) is 0 Å². The molecule has 1 aromatic heterocycles. The minimum atomic E-state index is -0.566. The van der Waals surface area contributed by atoms with Crippen molar-refractivity contribution in [2.24, 2.45) is 0 Å². The van der Waals surface area contributed by atoms with Crippen LogP contribution in [0.2, 0.25) is 0 Å². The number of rotatable bonds is 3. The molecule has 1 aliphatic heterocycles. The topological polar surface area (TPSA) is 60.5 Å². The molecule has 1 aliphatic carbocycles. The molecule has 112 valence electrons. The summed E-state index contributed by atoms with van der Waals surface area (Å²) in [6, 6.07) is 2.04. The van der Waals surface area contributed by atoms with Crippen LogP contribution in [0.15, 0.2) is 18.5 Å². The maximum absolute atomic E-state index is 12.3. The Morgan fingerprint density at radius 1 is 1.29 bits per heavy atom. The van der Waals surface area contributed by atoms with Crippen molar-refractivity contribution in [3.63, 3.8) is 0 Å². The fourth-order valence-corrected chi connectivity index (χ4v) is 2.26. The van der Waals surface area contributed by atoms with E-state index in [1.54, 1.807) is 18.5 Å². The lowest BCUT2D eigenvalue weighted by molar-refractivity contribution is 0.00578. The number of hydrogen-bond donors (Lipinski definition) is 1. The van der Waals surface area contributed by atoms with E-state index in [4.69, 9.17) is 9.31 Å². The molecule has 1 aromatic rings. The van der Waals surface area contributed by atoms with Crippen molar-refractivity contribution in [1.29, 1.82) is 0 Å². The Kier molecular flexibility index (Phi) is 3.33. The summed E-state index contributed by atoms with van der Waals surface area (Å²) in [7, 11) is -0.566. The summed E-state index contributed by atoms with van der Waals surface area (Å²) in [6.45, 7) is 7.97. The van der Waals surface area contributed by atoms with Gasteiger partial charge in [-0.3, -0.25) is 9.78 Å². The van der Waals surface area contributed by atoms with Crippen molar-refractivity contribution in [3.05, 3.63) is 24.0 Å². The van der Waals surface area contributed by atoms with Crippen LogP contribution in [0.4, 0.5) is 0 Å². The summed E-state index contributed by atoms with van der Waals surface area (Å²) in [5.74, 6) is -0.0791. The number of carbonyl (C=O) groups is 1. The van der Waals surface area contributed by atoms with Gasteiger partial charge in [-0.25, -0.2) is 0 Å². The zero-order valence-electron chi connectivity index (χ0n) is 13.0. The number of hydrogen-bond acceptors (Lipinski definition) is 4. The van der Waals surface area contributed by atoms with Gasteiger partial charge in [0.15, 0.2) is 0 Å². The molecule has 1 saturated heterocycles. The van der Waals surface area contributed by atoms with Gasteiger partial charge >= 0.3 is 7.12 Å². The van der Waals surface area contributed by atoms with Crippen LogP contribution in [-0.2, 0) is 9.31 Å². The van der Waals surface area contributed by atoms with Crippen LogP contribution in [0.1, 0.15) is 50.9 Å². The first-order valence-corrected chi connectivity index (χ1v) is 7.40. The predicted molar refractivity (Wildman–Crippen MR) is 80.4 cm³/mol. The lowest BCUT2D eigenvalue weighted by Crippen LogP contribution is -2.41. The third-order valence-corrected chi connectivity index (χ3v) is 4.52. The van der Waals surface area contributed by atoms with E-state index < -0.39 is 18.3 Å². The van der Waals surface area contributed by atoms with Crippen LogP contribution in [0, 0.1) is 0 Å². The Balaban J connectivity index is 1.87. The van der Waals surface area contributed by atoms with E-state index in [0.717, 1.165) is 12.8 Å². The van der Waals surface area contributed by atoms with E-state index in [1.807, 2.05) is 27.7 Å². The van der Waals surface area contributed by atoms with E-state index >= 15 is 0 Å². The van der Waals surface area contributed by atoms with E-state index in [1.165, 1.54) is 0 Å². The molecule has 21 heavy (non-hydrogen) atoms. The third kappa shape index (κ3) is 2.70. The summed E-state index contributed by atoms with van der Waals surface area (Å²) in [6.07, 6.45) is 5.39. The summed E-state index contributed by atoms with van der Waals surface area (Å²) < 4.78 is 12.0. The van der Waals surface area contributed by atoms with E-state index in [2.05, 4.69) is 10.3 Å². The molecule has 0 bridgehead atoms. The number of pyridine rings is 1. The molecule has 0 unspecified atom stereocenters. The van der Waals surface area contributed by atoms with Crippen LogP contribution in [0.5, 0.6) is 0 Å². The summed E-state index contributed by atoms with van der Waals surface area (Å²) in [5.41, 5.74) is 0.403. The number of amides is 1. The molecule has 5 nitrogen and oxygen atoms in total. The normalized spacial score (nSPS) is 23.1. The van der Waals surface area contributed by atoms with Gasteiger partial charge in [0.25, 0.3) is 5.91 Å². The van der Waals surface area contributed by atoms with Crippen LogP contribution in [-0.4, -0.2) is 35.3 Å². The van der Waals surface area contributed by atoms with E-state index in [-0.39, 0.29) is 5.91 Å². The molecule has 6 heteroatoms. The molecular formula is C15H21BN2O3. The molecule has 2 fully saturated rings. The van der Waals surface area contributed by atoms with Crippen molar-refractivity contribution in [2.45, 2.75) is 57.8 Å². The van der Waals surface area contributed by atoms with Gasteiger partial charge < -0.3 is 14.6 Å². The van der Waals surface area contributed by atoms with Gasteiger partial charge in [-0.05, 0) is 46.6 Å². The smallest absolute Gasteiger partial charge is 0.399 e. The SMILES string of the molecule is CC1(C)OB(c2cnccc2C(=O)NC2CC2)OC1(C)C. The first kappa shape index (κ1) is 14.5. The van der Waals surface area contributed by atoms with E-state index in [0.29, 0.717) is 17.1 Å². The Hall–Kier alpha value is -1.40. The molecule has 1 saturated carbocycles. The van der Waals surface area contributed by atoms with Crippen molar-refractivity contribution in [1.82, 2.24) is 10.3 Å². The Morgan fingerprint density at radius 2 is 1.90 bits per heavy atom. The zero-order chi connectivity index (χ0) is 15.3. The lowest BCUT2D eigenvalue weighted by Gasteiger charge is -2.32. The quantitative estimate of drug-likeness (QED) is 0.851. The number of nitrogens with zero attached hydrogens (tertiary/aromatic N) is 1. The van der Waals surface area contributed by atoms with Crippen molar-refractivity contribution in [2.75, 3.05) is 0 Å². The molecule has 0 radical (unpaired) electrons. The maximum Gasteiger partial charge on any atom is 0.497 e. The summed E-state index contributed by atoms with van der Waals surface area (Å²) >= 11 is 0. The highest BCUT2D eigenvalue weighted by molar-refractivity contribution is 6.63. The van der Waals surface area contributed by atoms with Crippen LogP contribution >= 0.6 is 0 Å². The maximum atomic E-state index is 12.3. The molecule has 2 aliphatic rings. The molecule has 0 aromatic carbocycles. The molecule has 1 amide bonds. The zero-order valence-corrected chi connectivity index (χ0v) is 13.0. The molecular weight excluding hydrogens is 267 g/mol. The molecule has 0 atom stereocenters. The second kappa shape index (κ2) is 4.82. The number of aromatic nitrogens is 1. The Labute approximate surface area is 125 Å². The molecule has 2 heterocycles. The van der Waals surface area contributed by atoms with Gasteiger partial charge in [-0.1, -0.05) is 0 Å². The van der Waals surface area contributed by atoms with Crippen molar-refractivity contribution in [3.8, 4) is 0 Å². The fraction of sp³-hybridized carbons (Fsp3) is 0.600. The lowest BCUT2D eigenvalue weighted by atomic mass is 9.77. The fourth-order valence-electron chi connectivity index (χ4n) is 2.26. The highest BCUT2D eigenvalue weighted by atomic mass is 16.7. The molecule has 0 spiro atoms. The summed E-state index contributed by atoms with van der Waals surface area (Å²) in [4.78, 5) is 16.5. The minimum absolute atomic E-state index is 0.0791. The average Bonchev–Trinajstić information content (AvgIpc) is 3.17. The summed E-state index contributed by atoms with van der Waals surface area (Å²) in [5, 5.41) is 3.00. The second-order valence-electron chi connectivity index (χ2n) is 6.80. The number of nitrogens with one attached hydrogen (secondary N) is 1. The van der Waals surface area contributed by atoms with Gasteiger partial charge in [0.2, 0.25) is 0 Å². The van der Waals surface area contributed by atoms with E-state index in [9.17, 15) is 4.79 Å². The van der Waals surface area contributed by atoms with Crippen LogP contribution in [0.3, 0.4) is 0 Å². The largest absolute Gasteiger partial charge is 0.497 e. The van der Waals surface area contributed by atoms with Crippen LogP contribution < -0.4 is 10.8 Å². The third-order valence-electron chi connectivity index (χ3n) is 4.52. The van der Waals surface area contributed by atoms with Gasteiger partial charge in [0.05, 0.1) is 11.2 Å². The van der Waals surface area contributed by atoms with Gasteiger partial charge in [-0.15, -0.1) is 0 Å². The van der Waals surface area contributed by atoms with Gasteiger partial charge in [0, 0.05) is 29.5 Å². The average molecular weight is 288 g/mol. The molecule has 1 N–H and O–H groups in total. The van der Waals surface area contributed by atoms with Gasteiger partial charge in [0.1, 0.15) is 0 Å². The minimum Gasteiger partial charge on any atom is -0.399 e. The Bertz CT molecular complexity index is 554. The van der Waals surface area contributed by atoms with Crippen molar-refractivity contribution < 1.29 is 14.1 Å². The van der Waals surface area contributed by atoms with Gasteiger partial charge in [-0.2, -0.15) is 0 Å². The number of carbonyl (C=O) groups excluding carboxylic acids is 1. The van der Waals surface area contributed by atoms with Crippen molar-refractivity contribution >= 4 is 18.5 Å². The first-order valence-electron chi connectivity index (χ1n) is 7.40. The second-order valence-corrected chi connectivity index (χ2v) is 6.80. The standard InChI is InChI=1S/C15H21BN2O3/c1-14(2)15(3,4)21-16(20-14)12-9-17-8-7-11(12)13(19)18-10-5-6-10/h7-10H,5-6H2,1-4H3,(H,18,19). The molecule has 3 rings (SSSR count). The highest BCUT2D eigenvalue weighted by Crippen LogP contribution is 2.36. The predicted octanol–water partition coefficient (Wildman–Crippen LogP) is 1.27. The first-order chi connectivity index (χ1) is 9.80. The monoisotopic (exact) mass is 288 g/mol. The highest BCUT2D eigenvalue weighted by Gasteiger charge is 2.52.